The number of methoxy groups -OCH3 is 1. The molecule has 3 N–H and O–H groups in total. The summed E-state index contributed by atoms with van der Waals surface area (Å²) in [5.41, 5.74) is 10.7. The monoisotopic (exact) mass is 478 g/mol. The third kappa shape index (κ3) is 4.06. The molecule has 3 heterocycles. The fraction of sp³-hybridized carbons (Fsp3) is 0.308. The second-order valence-corrected chi connectivity index (χ2v) is 9.18. The van der Waals surface area contributed by atoms with Crippen molar-refractivity contribution in [3.63, 3.8) is 0 Å². The largest absolute Gasteiger partial charge is 0.493 e. The quantitative estimate of drug-likeness (QED) is 0.370. The minimum atomic E-state index is -0.279. The molecule has 0 aliphatic carbocycles. The number of Topliss-reactive ketones (excluding diaryl/α,β-unsaturated/α-hetero) is 1. The summed E-state index contributed by atoms with van der Waals surface area (Å²) in [6, 6.07) is 11.6. The lowest BCUT2D eigenvalue weighted by Crippen LogP contribution is -2.28. The summed E-state index contributed by atoms with van der Waals surface area (Å²) in [5, 5.41) is 8.50. The maximum atomic E-state index is 13.7. The number of aromatic amines is 1. The molecule has 0 fully saturated rings. The lowest BCUT2D eigenvalue weighted by molar-refractivity contribution is 0.0856. The van der Waals surface area contributed by atoms with Gasteiger partial charge in [0.15, 0.2) is 5.78 Å². The number of benzene rings is 2. The minimum absolute atomic E-state index is 0.0160. The predicted molar refractivity (Wildman–Crippen MR) is 133 cm³/mol. The number of halogens is 1. The number of ether oxygens (including phenoxy) is 2. The first kappa shape index (κ1) is 22.5. The van der Waals surface area contributed by atoms with Crippen molar-refractivity contribution in [2.24, 2.45) is 11.7 Å². The first-order valence-electron chi connectivity index (χ1n) is 11.4. The van der Waals surface area contributed by atoms with E-state index >= 15 is 0 Å². The first-order chi connectivity index (χ1) is 16.5. The van der Waals surface area contributed by atoms with Crippen molar-refractivity contribution in [1.82, 2.24) is 14.8 Å². The van der Waals surface area contributed by atoms with Crippen molar-refractivity contribution in [3.8, 4) is 22.8 Å². The summed E-state index contributed by atoms with van der Waals surface area (Å²) in [7, 11) is 1.60. The molecule has 0 saturated carbocycles. The van der Waals surface area contributed by atoms with E-state index in [0.717, 1.165) is 39.8 Å². The van der Waals surface area contributed by atoms with Crippen LogP contribution in [0, 0.1) is 5.92 Å². The van der Waals surface area contributed by atoms with Gasteiger partial charge in [-0.15, -0.1) is 0 Å². The number of hydrogen-bond donors (Lipinski definition) is 2. The zero-order valence-electron chi connectivity index (χ0n) is 19.2. The highest BCUT2D eigenvalue weighted by atomic mass is 35.5. The molecule has 1 aliphatic heterocycles. The third-order valence-electron chi connectivity index (χ3n) is 6.52. The van der Waals surface area contributed by atoms with E-state index < -0.39 is 0 Å². The number of nitrogens with one attached hydrogen (secondary N) is 1. The smallest absolute Gasteiger partial charge is 0.216 e. The molecule has 2 aromatic heterocycles. The van der Waals surface area contributed by atoms with Crippen LogP contribution in [0.4, 0.5) is 0 Å². The Balaban J connectivity index is 1.55. The molecule has 1 aliphatic rings. The molecule has 0 radical (unpaired) electrons. The zero-order chi connectivity index (χ0) is 23.8. The van der Waals surface area contributed by atoms with Crippen molar-refractivity contribution in [3.05, 3.63) is 64.9 Å². The molecular weight excluding hydrogens is 452 g/mol. The van der Waals surface area contributed by atoms with Crippen LogP contribution in [0.2, 0.25) is 5.02 Å². The molecule has 34 heavy (non-hydrogen) atoms. The van der Waals surface area contributed by atoms with Gasteiger partial charge in [0, 0.05) is 40.3 Å². The molecule has 7 nitrogen and oxygen atoms in total. The van der Waals surface area contributed by atoms with Crippen LogP contribution in [0.15, 0.2) is 48.8 Å². The van der Waals surface area contributed by atoms with E-state index in [4.69, 9.17) is 26.8 Å². The van der Waals surface area contributed by atoms with Gasteiger partial charge in [0.1, 0.15) is 5.75 Å². The number of carbonyl (C=O) groups is 1. The maximum Gasteiger partial charge on any atom is 0.216 e. The molecule has 0 amide bonds. The van der Waals surface area contributed by atoms with Crippen LogP contribution in [0.3, 0.4) is 0 Å². The Labute approximate surface area is 202 Å². The van der Waals surface area contributed by atoms with Crippen LogP contribution in [0.25, 0.3) is 22.0 Å². The highest BCUT2D eigenvalue weighted by Gasteiger charge is 2.29. The van der Waals surface area contributed by atoms with Crippen molar-refractivity contribution < 1.29 is 14.3 Å². The van der Waals surface area contributed by atoms with Gasteiger partial charge in [-0.3, -0.25) is 4.79 Å². The fourth-order valence-electron chi connectivity index (χ4n) is 4.58. The molecular formula is C26H27ClN4O3. The summed E-state index contributed by atoms with van der Waals surface area (Å²) < 4.78 is 13.4. The van der Waals surface area contributed by atoms with E-state index in [0.29, 0.717) is 36.0 Å². The molecule has 4 aromatic rings. The highest BCUT2D eigenvalue weighted by molar-refractivity contribution is 6.30. The fourth-order valence-corrected chi connectivity index (χ4v) is 4.77. The summed E-state index contributed by atoms with van der Waals surface area (Å²) >= 11 is 6.17. The molecule has 2 aromatic carbocycles. The second kappa shape index (κ2) is 9.16. The topological polar surface area (TPSA) is 95.2 Å². The SMILES string of the molecule is CC[C@@H](N)Cn1cc(C(=O)C2COc3ccc(Cl)cc3C2)c2ccc(-c3cn[nH]c3OC)cc21. The number of nitrogens with zero attached hydrogens (tertiary/aromatic N) is 2. The van der Waals surface area contributed by atoms with Gasteiger partial charge >= 0.3 is 0 Å². The van der Waals surface area contributed by atoms with Crippen LogP contribution in [-0.4, -0.2) is 40.3 Å². The number of ketones is 1. The maximum absolute atomic E-state index is 13.7. The number of nitrogens with two attached hydrogens (primary N) is 1. The van der Waals surface area contributed by atoms with Crippen LogP contribution in [0.1, 0.15) is 29.3 Å². The van der Waals surface area contributed by atoms with Crippen molar-refractivity contribution in [2.75, 3.05) is 13.7 Å². The number of hydrogen-bond acceptors (Lipinski definition) is 5. The van der Waals surface area contributed by atoms with Crippen LogP contribution in [0.5, 0.6) is 11.6 Å². The Bertz CT molecular complexity index is 1360. The molecule has 2 atom stereocenters. The van der Waals surface area contributed by atoms with Crippen molar-refractivity contribution in [2.45, 2.75) is 32.4 Å². The van der Waals surface area contributed by atoms with Gasteiger partial charge < -0.3 is 19.8 Å². The Morgan fingerprint density at radius 3 is 3.00 bits per heavy atom. The van der Waals surface area contributed by atoms with Gasteiger partial charge in [-0.2, -0.15) is 5.10 Å². The number of aromatic nitrogens is 3. The van der Waals surface area contributed by atoms with E-state index in [1.165, 1.54) is 0 Å². The van der Waals surface area contributed by atoms with E-state index in [1.807, 2.05) is 30.5 Å². The lowest BCUT2D eigenvalue weighted by Gasteiger charge is -2.24. The van der Waals surface area contributed by atoms with Gasteiger partial charge in [-0.1, -0.05) is 30.7 Å². The summed E-state index contributed by atoms with van der Waals surface area (Å²) in [6.07, 6.45) is 5.11. The normalized spacial score (nSPS) is 16.2. The molecule has 0 spiro atoms. The van der Waals surface area contributed by atoms with E-state index in [-0.39, 0.29) is 17.7 Å². The summed E-state index contributed by atoms with van der Waals surface area (Å²) in [4.78, 5) is 13.7. The Hall–Kier alpha value is -3.29. The lowest BCUT2D eigenvalue weighted by atomic mass is 9.89. The van der Waals surface area contributed by atoms with Gasteiger partial charge in [-0.05, 0) is 48.2 Å². The molecule has 5 rings (SSSR count). The van der Waals surface area contributed by atoms with Crippen LogP contribution >= 0.6 is 11.6 Å². The standard InChI is InChI=1S/C26H27ClN4O3/c1-3-19(28)12-31-13-22(25(32)17-8-16-9-18(27)5-7-24(16)34-14-17)20-6-4-15(10-23(20)31)21-11-29-30-26(21)33-2/h4-7,9-11,13,17,19H,3,8,12,14,28H2,1-2H3,(H,29,30)/t17?,19-/m1/s1. The molecule has 176 valence electrons. The van der Waals surface area contributed by atoms with Crippen LogP contribution < -0.4 is 15.2 Å². The average molecular weight is 479 g/mol. The minimum Gasteiger partial charge on any atom is -0.493 e. The first-order valence-corrected chi connectivity index (χ1v) is 11.8. The van der Waals surface area contributed by atoms with E-state index in [9.17, 15) is 4.79 Å². The molecule has 0 bridgehead atoms. The zero-order valence-corrected chi connectivity index (χ0v) is 19.9. The average Bonchev–Trinajstić information content (AvgIpc) is 3.47. The number of H-pyrrole nitrogens is 1. The van der Waals surface area contributed by atoms with Gasteiger partial charge in [0.05, 0.1) is 31.4 Å². The van der Waals surface area contributed by atoms with E-state index in [1.54, 1.807) is 19.4 Å². The Morgan fingerprint density at radius 2 is 2.21 bits per heavy atom. The predicted octanol–water partition coefficient (Wildman–Crippen LogP) is 4.86. The van der Waals surface area contributed by atoms with Gasteiger partial charge in [-0.25, -0.2) is 5.10 Å². The van der Waals surface area contributed by atoms with Crippen LogP contribution in [-0.2, 0) is 13.0 Å². The Morgan fingerprint density at radius 1 is 1.35 bits per heavy atom. The summed E-state index contributed by atoms with van der Waals surface area (Å²) in [6.45, 7) is 3.02. The number of fused-ring (bicyclic) bond motifs is 2. The Kier molecular flexibility index (Phi) is 6.06. The molecule has 1 unspecified atom stereocenters. The second-order valence-electron chi connectivity index (χ2n) is 8.74. The van der Waals surface area contributed by atoms with Gasteiger partial charge in [0.25, 0.3) is 0 Å². The number of carbonyl (C=O) groups excluding carboxylic acids is 1. The van der Waals surface area contributed by atoms with Crippen molar-refractivity contribution in [1.29, 1.82) is 0 Å². The van der Waals surface area contributed by atoms with Gasteiger partial charge in [0.2, 0.25) is 5.88 Å². The van der Waals surface area contributed by atoms with E-state index in [2.05, 4.69) is 27.8 Å². The number of rotatable bonds is 7. The summed E-state index contributed by atoms with van der Waals surface area (Å²) in [5.74, 6) is 1.17. The molecule has 8 heteroatoms. The molecule has 0 saturated heterocycles. The third-order valence-corrected chi connectivity index (χ3v) is 6.76. The van der Waals surface area contributed by atoms with Crippen molar-refractivity contribution >= 4 is 28.3 Å². The highest BCUT2D eigenvalue weighted by Crippen LogP contribution is 2.35.